The van der Waals surface area contributed by atoms with Gasteiger partial charge in [0, 0.05) is 18.7 Å². The fourth-order valence-electron chi connectivity index (χ4n) is 3.70. The van der Waals surface area contributed by atoms with Crippen LogP contribution in [-0.2, 0) is 14.8 Å². The number of rotatable bonds is 7. The fraction of sp³-hybridized carbons (Fsp3) is 0.409. The summed E-state index contributed by atoms with van der Waals surface area (Å²) in [6.45, 7) is 2.46. The Labute approximate surface area is 178 Å². The first-order chi connectivity index (χ1) is 14.4. The van der Waals surface area contributed by atoms with Crippen LogP contribution < -0.4 is 14.8 Å². The van der Waals surface area contributed by atoms with Crippen molar-refractivity contribution in [3.8, 4) is 11.5 Å². The van der Waals surface area contributed by atoms with Gasteiger partial charge in [-0.15, -0.1) is 0 Å². The monoisotopic (exact) mass is 432 g/mol. The molecule has 2 aromatic rings. The average molecular weight is 433 g/mol. The number of benzene rings is 2. The molecular weight excluding hydrogens is 404 g/mol. The topological polar surface area (TPSA) is 84.9 Å². The number of piperidine rings is 1. The third-order valence-electron chi connectivity index (χ3n) is 5.40. The molecule has 0 radical (unpaired) electrons. The van der Waals surface area contributed by atoms with Crippen molar-refractivity contribution in [3.63, 3.8) is 0 Å². The molecular formula is C22H28N2O5S. The van der Waals surface area contributed by atoms with Crippen LogP contribution in [0.5, 0.6) is 11.5 Å². The maximum atomic E-state index is 12.9. The smallest absolute Gasteiger partial charge is 0.243 e. The first kappa shape index (κ1) is 22.1. The van der Waals surface area contributed by atoms with Gasteiger partial charge in [0.1, 0.15) is 11.5 Å². The van der Waals surface area contributed by atoms with E-state index in [1.165, 1.54) is 4.31 Å². The number of carbonyl (C=O) groups excluding carboxylic acids is 1. The zero-order chi connectivity index (χ0) is 21.7. The van der Waals surface area contributed by atoms with E-state index in [0.29, 0.717) is 30.9 Å². The molecule has 1 heterocycles. The molecule has 162 valence electrons. The lowest BCUT2D eigenvalue weighted by Crippen LogP contribution is -2.45. The Morgan fingerprint density at radius 3 is 2.53 bits per heavy atom. The highest BCUT2D eigenvalue weighted by Gasteiger charge is 2.33. The number of nitrogens with one attached hydrogen (secondary N) is 1. The van der Waals surface area contributed by atoms with Crippen LogP contribution in [0.25, 0.3) is 0 Å². The number of amides is 1. The van der Waals surface area contributed by atoms with Crippen molar-refractivity contribution in [2.24, 2.45) is 5.92 Å². The molecule has 3 rings (SSSR count). The van der Waals surface area contributed by atoms with Crippen LogP contribution in [0.4, 0.5) is 0 Å². The zero-order valence-electron chi connectivity index (χ0n) is 17.5. The highest BCUT2D eigenvalue weighted by Crippen LogP contribution is 2.30. The number of sulfonamides is 1. The lowest BCUT2D eigenvalue weighted by atomic mass is 9.97. The highest BCUT2D eigenvalue weighted by molar-refractivity contribution is 7.89. The van der Waals surface area contributed by atoms with Crippen LogP contribution in [0.3, 0.4) is 0 Å². The minimum atomic E-state index is -3.61. The van der Waals surface area contributed by atoms with Gasteiger partial charge in [-0.2, -0.15) is 4.31 Å². The summed E-state index contributed by atoms with van der Waals surface area (Å²) >= 11 is 0. The minimum absolute atomic E-state index is 0.166. The van der Waals surface area contributed by atoms with Crippen LogP contribution >= 0.6 is 0 Å². The quantitative estimate of drug-likeness (QED) is 0.727. The summed E-state index contributed by atoms with van der Waals surface area (Å²) in [5, 5.41) is 3.01. The third kappa shape index (κ3) is 4.76. The Morgan fingerprint density at radius 2 is 1.87 bits per heavy atom. The van der Waals surface area contributed by atoms with Gasteiger partial charge in [0.05, 0.1) is 31.1 Å². The Kier molecular flexibility index (Phi) is 6.99. The van der Waals surface area contributed by atoms with Crippen molar-refractivity contribution >= 4 is 15.9 Å². The van der Waals surface area contributed by atoms with E-state index >= 15 is 0 Å². The predicted octanol–water partition coefficient (Wildman–Crippen LogP) is 2.98. The molecule has 1 amide bonds. The normalized spacial score (nSPS) is 18.4. The SMILES string of the molecule is COc1ccc(OC)c([C@H](C)NC(=O)[C@@H]2CCCN(S(=O)(=O)c3ccccc3)C2)c1. The number of nitrogens with zero attached hydrogens (tertiary/aromatic N) is 1. The lowest BCUT2D eigenvalue weighted by Gasteiger charge is -2.32. The second kappa shape index (κ2) is 9.49. The van der Waals surface area contributed by atoms with Gasteiger partial charge in [0.2, 0.25) is 15.9 Å². The van der Waals surface area contributed by atoms with Crippen molar-refractivity contribution in [1.82, 2.24) is 9.62 Å². The molecule has 0 bridgehead atoms. The van der Waals surface area contributed by atoms with E-state index in [0.717, 1.165) is 5.56 Å². The van der Waals surface area contributed by atoms with E-state index in [1.54, 1.807) is 56.7 Å². The molecule has 1 saturated heterocycles. The Hall–Kier alpha value is -2.58. The molecule has 0 aromatic heterocycles. The molecule has 8 heteroatoms. The molecule has 0 spiro atoms. The van der Waals surface area contributed by atoms with E-state index in [2.05, 4.69) is 5.32 Å². The molecule has 1 N–H and O–H groups in total. The van der Waals surface area contributed by atoms with E-state index in [-0.39, 0.29) is 23.4 Å². The Balaban J connectivity index is 1.72. The van der Waals surface area contributed by atoms with Gasteiger partial charge in [-0.25, -0.2) is 8.42 Å². The van der Waals surface area contributed by atoms with Gasteiger partial charge >= 0.3 is 0 Å². The van der Waals surface area contributed by atoms with Crippen molar-refractivity contribution in [3.05, 3.63) is 54.1 Å². The highest BCUT2D eigenvalue weighted by atomic mass is 32.2. The average Bonchev–Trinajstić information content (AvgIpc) is 2.79. The van der Waals surface area contributed by atoms with Crippen LogP contribution in [0.1, 0.15) is 31.4 Å². The lowest BCUT2D eigenvalue weighted by molar-refractivity contribution is -0.126. The van der Waals surface area contributed by atoms with Gasteiger partial charge in [-0.05, 0) is 50.1 Å². The number of hydrogen-bond acceptors (Lipinski definition) is 5. The standard InChI is InChI=1S/C22H28N2O5S/c1-16(20-14-18(28-2)11-12-21(20)29-3)23-22(25)17-8-7-13-24(15-17)30(26,27)19-9-5-4-6-10-19/h4-6,9-12,14,16-17H,7-8,13,15H2,1-3H3,(H,23,25)/t16-,17+/m0/s1. The number of hydrogen-bond donors (Lipinski definition) is 1. The maximum absolute atomic E-state index is 12.9. The number of carbonyl (C=O) groups is 1. The Bertz CT molecular complexity index is 978. The minimum Gasteiger partial charge on any atom is -0.497 e. The molecule has 1 aliphatic rings. The number of ether oxygens (including phenoxy) is 2. The van der Waals surface area contributed by atoms with Gasteiger partial charge < -0.3 is 14.8 Å². The van der Waals surface area contributed by atoms with E-state index in [9.17, 15) is 13.2 Å². The van der Waals surface area contributed by atoms with Crippen molar-refractivity contribution in [2.45, 2.75) is 30.7 Å². The summed E-state index contributed by atoms with van der Waals surface area (Å²) in [5.74, 6) is 0.752. The third-order valence-corrected chi connectivity index (χ3v) is 7.28. The van der Waals surface area contributed by atoms with Gasteiger partial charge in [0.25, 0.3) is 0 Å². The van der Waals surface area contributed by atoms with Gasteiger partial charge in [-0.1, -0.05) is 18.2 Å². The predicted molar refractivity (Wildman–Crippen MR) is 114 cm³/mol. The molecule has 1 fully saturated rings. The largest absolute Gasteiger partial charge is 0.497 e. The fourth-order valence-corrected chi connectivity index (χ4v) is 5.25. The van der Waals surface area contributed by atoms with Gasteiger partial charge in [0.15, 0.2) is 0 Å². The zero-order valence-corrected chi connectivity index (χ0v) is 18.3. The molecule has 1 aliphatic heterocycles. The molecule has 0 unspecified atom stereocenters. The van der Waals surface area contributed by atoms with Crippen LogP contribution in [0.2, 0.25) is 0 Å². The summed E-state index contributed by atoms with van der Waals surface area (Å²) in [7, 11) is -0.453. The van der Waals surface area contributed by atoms with Crippen molar-refractivity contribution < 1.29 is 22.7 Å². The molecule has 2 aromatic carbocycles. The molecule has 2 atom stereocenters. The second-order valence-electron chi connectivity index (χ2n) is 7.35. The molecule has 0 saturated carbocycles. The molecule has 7 nitrogen and oxygen atoms in total. The van der Waals surface area contributed by atoms with Gasteiger partial charge in [-0.3, -0.25) is 4.79 Å². The Morgan fingerprint density at radius 1 is 1.13 bits per heavy atom. The molecule has 0 aliphatic carbocycles. The number of methoxy groups -OCH3 is 2. The van der Waals surface area contributed by atoms with Crippen molar-refractivity contribution in [2.75, 3.05) is 27.3 Å². The van der Waals surface area contributed by atoms with Crippen LogP contribution in [0.15, 0.2) is 53.4 Å². The van der Waals surface area contributed by atoms with Crippen LogP contribution in [-0.4, -0.2) is 45.9 Å². The van der Waals surface area contributed by atoms with E-state index in [4.69, 9.17) is 9.47 Å². The maximum Gasteiger partial charge on any atom is 0.243 e. The first-order valence-electron chi connectivity index (χ1n) is 9.94. The summed E-state index contributed by atoms with van der Waals surface area (Å²) in [6, 6.07) is 13.4. The van der Waals surface area contributed by atoms with Crippen molar-refractivity contribution in [1.29, 1.82) is 0 Å². The van der Waals surface area contributed by atoms with E-state index < -0.39 is 15.9 Å². The summed E-state index contributed by atoms with van der Waals surface area (Å²) in [6.07, 6.45) is 1.29. The van der Waals surface area contributed by atoms with Crippen LogP contribution in [0, 0.1) is 5.92 Å². The van der Waals surface area contributed by atoms with E-state index in [1.807, 2.05) is 13.0 Å². The summed E-state index contributed by atoms with van der Waals surface area (Å²) in [4.78, 5) is 13.2. The first-order valence-corrected chi connectivity index (χ1v) is 11.4. The molecule has 30 heavy (non-hydrogen) atoms. The summed E-state index contributed by atoms with van der Waals surface area (Å²) in [5.41, 5.74) is 0.801. The second-order valence-corrected chi connectivity index (χ2v) is 9.29. The summed E-state index contributed by atoms with van der Waals surface area (Å²) < 4.78 is 37.9.